The summed E-state index contributed by atoms with van der Waals surface area (Å²) in [6.45, 7) is 2.57. The SMILES string of the molecule is NCC1(C(=O)N2CCN3C(=O)CCC3C2)CCC1. The maximum atomic E-state index is 12.5. The summed E-state index contributed by atoms with van der Waals surface area (Å²) in [6.07, 6.45) is 4.54. The average Bonchev–Trinajstić information content (AvgIpc) is 2.70. The number of hydrogen-bond acceptors (Lipinski definition) is 3. The summed E-state index contributed by atoms with van der Waals surface area (Å²) < 4.78 is 0. The molecule has 0 spiro atoms. The highest BCUT2D eigenvalue weighted by atomic mass is 16.2. The molecule has 18 heavy (non-hydrogen) atoms. The van der Waals surface area contributed by atoms with Gasteiger partial charge in [-0.25, -0.2) is 0 Å². The van der Waals surface area contributed by atoms with Crippen LogP contribution in [0.2, 0.25) is 0 Å². The fourth-order valence-electron chi connectivity index (χ4n) is 3.49. The van der Waals surface area contributed by atoms with Crippen LogP contribution in [-0.2, 0) is 9.59 Å². The van der Waals surface area contributed by atoms with Gasteiger partial charge in [-0.05, 0) is 19.3 Å². The van der Waals surface area contributed by atoms with E-state index in [1.807, 2.05) is 9.80 Å². The topological polar surface area (TPSA) is 66.6 Å². The van der Waals surface area contributed by atoms with Gasteiger partial charge >= 0.3 is 0 Å². The van der Waals surface area contributed by atoms with Crippen molar-refractivity contribution in [3.8, 4) is 0 Å². The van der Waals surface area contributed by atoms with E-state index >= 15 is 0 Å². The summed E-state index contributed by atoms with van der Waals surface area (Å²) in [7, 11) is 0. The van der Waals surface area contributed by atoms with Gasteiger partial charge in [0, 0.05) is 38.6 Å². The number of rotatable bonds is 2. The van der Waals surface area contributed by atoms with E-state index in [1.165, 1.54) is 0 Å². The first-order chi connectivity index (χ1) is 8.66. The zero-order valence-corrected chi connectivity index (χ0v) is 10.7. The monoisotopic (exact) mass is 251 g/mol. The van der Waals surface area contributed by atoms with Gasteiger partial charge in [-0.1, -0.05) is 6.42 Å². The van der Waals surface area contributed by atoms with E-state index in [0.717, 1.165) is 25.7 Å². The highest BCUT2D eigenvalue weighted by Gasteiger charge is 2.47. The molecule has 2 aliphatic heterocycles. The molecular formula is C13H21N3O2. The molecule has 5 heteroatoms. The first-order valence-electron chi connectivity index (χ1n) is 6.95. The number of carbonyl (C=O) groups excluding carboxylic acids is 2. The molecule has 1 atom stereocenters. The fraction of sp³-hybridized carbons (Fsp3) is 0.846. The van der Waals surface area contributed by atoms with Crippen molar-refractivity contribution in [1.82, 2.24) is 9.80 Å². The van der Waals surface area contributed by atoms with Crippen LogP contribution in [0.5, 0.6) is 0 Å². The Morgan fingerprint density at radius 2 is 2.17 bits per heavy atom. The standard InChI is InChI=1S/C13H21N3O2/c14-9-13(4-1-5-13)12(18)15-6-7-16-10(8-15)2-3-11(16)17/h10H,1-9,14H2. The predicted octanol–water partition coefficient (Wildman–Crippen LogP) is -0.0514. The van der Waals surface area contributed by atoms with E-state index < -0.39 is 0 Å². The maximum Gasteiger partial charge on any atom is 0.230 e. The molecule has 0 aromatic carbocycles. The van der Waals surface area contributed by atoms with Crippen LogP contribution in [0.3, 0.4) is 0 Å². The number of nitrogens with two attached hydrogens (primary N) is 1. The lowest BCUT2D eigenvalue weighted by molar-refractivity contribution is -0.151. The van der Waals surface area contributed by atoms with Crippen molar-refractivity contribution in [3.63, 3.8) is 0 Å². The molecule has 2 amide bonds. The summed E-state index contributed by atoms with van der Waals surface area (Å²) in [5.41, 5.74) is 5.52. The van der Waals surface area contributed by atoms with Gasteiger partial charge in [-0.2, -0.15) is 0 Å². The molecular weight excluding hydrogens is 230 g/mol. The van der Waals surface area contributed by atoms with Crippen LogP contribution in [0.4, 0.5) is 0 Å². The summed E-state index contributed by atoms with van der Waals surface area (Å²) in [5, 5.41) is 0. The molecule has 3 rings (SSSR count). The van der Waals surface area contributed by atoms with Crippen LogP contribution < -0.4 is 5.73 Å². The Kier molecular flexibility index (Phi) is 2.81. The third-order valence-electron chi connectivity index (χ3n) is 4.94. The Morgan fingerprint density at radius 3 is 2.78 bits per heavy atom. The van der Waals surface area contributed by atoms with Gasteiger partial charge in [-0.3, -0.25) is 9.59 Å². The van der Waals surface area contributed by atoms with E-state index in [2.05, 4.69) is 0 Å². The molecule has 1 aliphatic carbocycles. The molecule has 1 unspecified atom stereocenters. The molecule has 0 aromatic rings. The number of hydrogen-bond donors (Lipinski definition) is 1. The Labute approximate surface area is 107 Å². The summed E-state index contributed by atoms with van der Waals surface area (Å²) in [5.74, 6) is 0.486. The van der Waals surface area contributed by atoms with E-state index in [0.29, 0.717) is 32.6 Å². The van der Waals surface area contributed by atoms with Gasteiger partial charge in [-0.15, -0.1) is 0 Å². The van der Waals surface area contributed by atoms with Gasteiger partial charge < -0.3 is 15.5 Å². The molecule has 2 heterocycles. The molecule has 0 radical (unpaired) electrons. The Hall–Kier alpha value is -1.10. The minimum atomic E-state index is -0.273. The van der Waals surface area contributed by atoms with Crippen LogP contribution in [0.15, 0.2) is 0 Å². The van der Waals surface area contributed by atoms with Crippen molar-refractivity contribution in [2.45, 2.75) is 38.1 Å². The molecule has 1 saturated carbocycles. The highest BCUT2D eigenvalue weighted by Crippen LogP contribution is 2.42. The lowest BCUT2D eigenvalue weighted by atomic mass is 9.67. The van der Waals surface area contributed by atoms with Crippen LogP contribution in [0.1, 0.15) is 32.1 Å². The van der Waals surface area contributed by atoms with Gasteiger partial charge in [0.15, 0.2) is 0 Å². The van der Waals surface area contributed by atoms with E-state index in [1.54, 1.807) is 0 Å². The van der Waals surface area contributed by atoms with Crippen LogP contribution >= 0.6 is 0 Å². The minimum absolute atomic E-state index is 0.232. The van der Waals surface area contributed by atoms with E-state index in [-0.39, 0.29) is 23.3 Å². The third-order valence-corrected chi connectivity index (χ3v) is 4.94. The molecule has 2 N–H and O–H groups in total. The number of piperazine rings is 1. The van der Waals surface area contributed by atoms with Gasteiger partial charge in [0.2, 0.25) is 11.8 Å². The quantitative estimate of drug-likeness (QED) is 0.748. The summed E-state index contributed by atoms with van der Waals surface area (Å²) >= 11 is 0. The van der Waals surface area contributed by atoms with Gasteiger partial charge in [0.05, 0.1) is 5.41 Å². The molecule has 100 valence electrons. The Balaban J connectivity index is 1.68. The lowest BCUT2D eigenvalue weighted by Gasteiger charge is -2.46. The number of carbonyl (C=O) groups is 2. The predicted molar refractivity (Wildman–Crippen MR) is 66.7 cm³/mol. The summed E-state index contributed by atoms with van der Waals surface area (Å²) in [6, 6.07) is 0.255. The van der Waals surface area contributed by atoms with Gasteiger partial charge in [0.1, 0.15) is 0 Å². The Morgan fingerprint density at radius 1 is 1.39 bits per heavy atom. The molecule has 2 saturated heterocycles. The number of fused-ring (bicyclic) bond motifs is 1. The second kappa shape index (κ2) is 4.23. The highest BCUT2D eigenvalue weighted by molar-refractivity contribution is 5.85. The van der Waals surface area contributed by atoms with E-state index in [9.17, 15) is 9.59 Å². The van der Waals surface area contributed by atoms with Crippen molar-refractivity contribution >= 4 is 11.8 Å². The van der Waals surface area contributed by atoms with Crippen molar-refractivity contribution < 1.29 is 9.59 Å². The second-order valence-electron chi connectivity index (χ2n) is 5.87. The molecule has 3 aliphatic rings. The zero-order valence-electron chi connectivity index (χ0n) is 10.7. The number of amides is 2. The Bertz CT molecular complexity index is 373. The fourth-order valence-corrected chi connectivity index (χ4v) is 3.49. The van der Waals surface area contributed by atoms with Gasteiger partial charge in [0.25, 0.3) is 0 Å². The first-order valence-corrected chi connectivity index (χ1v) is 6.95. The largest absolute Gasteiger partial charge is 0.338 e. The zero-order chi connectivity index (χ0) is 12.8. The first kappa shape index (κ1) is 12.0. The lowest BCUT2D eigenvalue weighted by Crippen LogP contribution is -2.59. The number of nitrogens with zero attached hydrogens (tertiary/aromatic N) is 2. The van der Waals surface area contributed by atoms with Crippen molar-refractivity contribution in [2.75, 3.05) is 26.2 Å². The smallest absolute Gasteiger partial charge is 0.230 e. The molecule has 0 bridgehead atoms. The molecule has 5 nitrogen and oxygen atoms in total. The minimum Gasteiger partial charge on any atom is -0.338 e. The third kappa shape index (κ3) is 1.64. The maximum absolute atomic E-state index is 12.5. The van der Waals surface area contributed by atoms with Crippen molar-refractivity contribution in [2.24, 2.45) is 11.1 Å². The molecule has 0 aromatic heterocycles. The van der Waals surface area contributed by atoms with E-state index in [4.69, 9.17) is 5.73 Å². The molecule has 3 fully saturated rings. The summed E-state index contributed by atoms with van der Waals surface area (Å²) in [4.78, 5) is 28.0. The van der Waals surface area contributed by atoms with Crippen LogP contribution in [0.25, 0.3) is 0 Å². The average molecular weight is 251 g/mol. The normalized spacial score (nSPS) is 30.1. The van der Waals surface area contributed by atoms with Crippen LogP contribution in [0, 0.1) is 5.41 Å². The van der Waals surface area contributed by atoms with Crippen molar-refractivity contribution in [1.29, 1.82) is 0 Å². The van der Waals surface area contributed by atoms with Crippen molar-refractivity contribution in [3.05, 3.63) is 0 Å². The second-order valence-corrected chi connectivity index (χ2v) is 5.87. The van der Waals surface area contributed by atoms with Crippen LogP contribution in [-0.4, -0.2) is 53.8 Å².